The van der Waals surface area contributed by atoms with Crippen molar-refractivity contribution in [1.29, 1.82) is 0 Å². The van der Waals surface area contributed by atoms with Crippen molar-refractivity contribution in [1.82, 2.24) is 4.90 Å². The van der Waals surface area contributed by atoms with Crippen LogP contribution in [0.3, 0.4) is 0 Å². The Morgan fingerprint density at radius 2 is 1.95 bits per heavy atom. The number of halogens is 1. The minimum Gasteiger partial charge on any atom is -0.481 e. The van der Waals surface area contributed by atoms with Crippen molar-refractivity contribution in [3.63, 3.8) is 0 Å². The van der Waals surface area contributed by atoms with Gasteiger partial charge in [-0.25, -0.2) is 0 Å². The molecule has 21 heavy (non-hydrogen) atoms. The molecule has 1 amide bonds. The number of carboxylic acid groups (broad SMARTS) is 1. The lowest BCUT2D eigenvalue weighted by molar-refractivity contribution is -0.150. The van der Waals surface area contributed by atoms with E-state index in [9.17, 15) is 14.7 Å². The number of carbonyl (C=O) groups is 2. The highest BCUT2D eigenvalue weighted by atomic mass is 35.5. The molecule has 1 aliphatic rings. The Labute approximate surface area is 129 Å². The largest absolute Gasteiger partial charge is 0.481 e. The molecule has 0 spiro atoms. The molecular weight excluding hydrogens is 290 g/mol. The van der Waals surface area contributed by atoms with E-state index in [-0.39, 0.29) is 5.91 Å². The summed E-state index contributed by atoms with van der Waals surface area (Å²) in [6.45, 7) is 0.423. The summed E-state index contributed by atoms with van der Waals surface area (Å²) in [7, 11) is 1.69. The first-order valence-corrected chi connectivity index (χ1v) is 7.24. The highest BCUT2D eigenvalue weighted by Gasteiger charge is 2.35. The lowest BCUT2D eigenvalue weighted by Gasteiger charge is -2.28. The van der Waals surface area contributed by atoms with E-state index in [1.165, 1.54) is 0 Å². The van der Waals surface area contributed by atoms with E-state index in [2.05, 4.69) is 0 Å². The zero-order valence-electron chi connectivity index (χ0n) is 11.8. The number of carboxylic acids is 1. The molecule has 2 rings (SSSR count). The zero-order chi connectivity index (χ0) is 15.4. The van der Waals surface area contributed by atoms with E-state index in [0.29, 0.717) is 24.4 Å². The molecule has 0 aromatic heterocycles. The molecule has 0 saturated carbocycles. The van der Waals surface area contributed by atoms with Crippen molar-refractivity contribution in [2.45, 2.75) is 19.4 Å². The van der Waals surface area contributed by atoms with Gasteiger partial charge in [-0.15, -0.1) is 0 Å². The standard InChI is InChI=1S/C16H18ClNO3/c1-18(10-11-5-4-6-12(17)9-11)15(19)13-7-2-3-8-14(13)16(20)21/h2-6,9,13-14H,7-8,10H2,1H3,(H,20,21). The molecular formula is C16H18ClNO3. The van der Waals surface area contributed by atoms with Crippen molar-refractivity contribution >= 4 is 23.5 Å². The molecule has 0 heterocycles. The maximum absolute atomic E-state index is 12.5. The van der Waals surface area contributed by atoms with E-state index in [4.69, 9.17) is 11.6 Å². The highest BCUT2D eigenvalue weighted by Crippen LogP contribution is 2.28. The Hall–Kier alpha value is -1.81. The first kappa shape index (κ1) is 15.6. The van der Waals surface area contributed by atoms with Gasteiger partial charge in [-0.05, 0) is 30.5 Å². The number of nitrogens with zero attached hydrogens (tertiary/aromatic N) is 1. The molecule has 1 aromatic carbocycles. The quantitative estimate of drug-likeness (QED) is 0.870. The number of aliphatic carboxylic acids is 1. The van der Waals surface area contributed by atoms with Crippen LogP contribution in [0.25, 0.3) is 0 Å². The van der Waals surface area contributed by atoms with Gasteiger partial charge in [0.05, 0.1) is 11.8 Å². The van der Waals surface area contributed by atoms with Crippen LogP contribution in [0.5, 0.6) is 0 Å². The van der Waals surface area contributed by atoms with Crippen LogP contribution in [0.15, 0.2) is 36.4 Å². The molecule has 1 aliphatic carbocycles. The van der Waals surface area contributed by atoms with Gasteiger partial charge < -0.3 is 10.0 Å². The Morgan fingerprint density at radius 3 is 2.57 bits per heavy atom. The van der Waals surface area contributed by atoms with Crippen molar-refractivity contribution in [2.75, 3.05) is 7.05 Å². The number of carbonyl (C=O) groups excluding carboxylic acids is 1. The van der Waals surface area contributed by atoms with Crippen LogP contribution in [0.2, 0.25) is 5.02 Å². The molecule has 2 atom stereocenters. The minimum absolute atomic E-state index is 0.133. The van der Waals surface area contributed by atoms with E-state index >= 15 is 0 Å². The smallest absolute Gasteiger partial charge is 0.307 e. The summed E-state index contributed by atoms with van der Waals surface area (Å²) in [5.41, 5.74) is 0.927. The van der Waals surface area contributed by atoms with Gasteiger partial charge in [0.1, 0.15) is 0 Å². The third-order valence-corrected chi connectivity index (χ3v) is 3.99. The molecule has 5 heteroatoms. The van der Waals surface area contributed by atoms with Gasteiger partial charge in [0, 0.05) is 18.6 Å². The molecule has 0 radical (unpaired) electrons. The second kappa shape index (κ2) is 6.76. The van der Waals surface area contributed by atoms with E-state index in [1.807, 2.05) is 24.3 Å². The summed E-state index contributed by atoms with van der Waals surface area (Å²) in [4.78, 5) is 25.3. The summed E-state index contributed by atoms with van der Waals surface area (Å²) in [5, 5.41) is 9.87. The average Bonchev–Trinajstić information content (AvgIpc) is 2.46. The number of rotatable bonds is 4. The van der Waals surface area contributed by atoms with Crippen molar-refractivity contribution < 1.29 is 14.7 Å². The van der Waals surface area contributed by atoms with Crippen molar-refractivity contribution in [3.8, 4) is 0 Å². The predicted molar refractivity (Wildman–Crippen MR) is 80.9 cm³/mol. The molecule has 4 nitrogen and oxygen atoms in total. The normalized spacial score (nSPS) is 21.0. The molecule has 2 unspecified atom stereocenters. The molecule has 112 valence electrons. The van der Waals surface area contributed by atoms with Crippen LogP contribution in [-0.4, -0.2) is 28.9 Å². The molecule has 0 bridgehead atoms. The fourth-order valence-corrected chi connectivity index (χ4v) is 2.84. The second-order valence-electron chi connectivity index (χ2n) is 5.32. The Bertz CT molecular complexity index is 570. The van der Waals surface area contributed by atoms with Gasteiger partial charge in [0.2, 0.25) is 5.91 Å². The zero-order valence-corrected chi connectivity index (χ0v) is 12.6. The summed E-state index contributed by atoms with van der Waals surface area (Å²) < 4.78 is 0. The average molecular weight is 308 g/mol. The van der Waals surface area contributed by atoms with Gasteiger partial charge in [0.25, 0.3) is 0 Å². The van der Waals surface area contributed by atoms with Gasteiger partial charge in [-0.1, -0.05) is 35.9 Å². The number of benzene rings is 1. The Kier molecular flexibility index (Phi) is 5.02. The van der Waals surface area contributed by atoms with Crippen LogP contribution in [0, 0.1) is 11.8 Å². The predicted octanol–water partition coefficient (Wildman–Crippen LogP) is 2.97. The van der Waals surface area contributed by atoms with Crippen molar-refractivity contribution in [3.05, 3.63) is 47.0 Å². The van der Waals surface area contributed by atoms with Crippen LogP contribution >= 0.6 is 11.6 Å². The number of hydrogen-bond donors (Lipinski definition) is 1. The van der Waals surface area contributed by atoms with Gasteiger partial charge in [-0.3, -0.25) is 9.59 Å². The lowest BCUT2D eigenvalue weighted by atomic mass is 9.82. The van der Waals surface area contributed by atoms with Gasteiger partial charge in [-0.2, -0.15) is 0 Å². The summed E-state index contributed by atoms with van der Waals surface area (Å²) >= 11 is 5.93. The minimum atomic E-state index is -0.908. The van der Waals surface area contributed by atoms with E-state index in [0.717, 1.165) is 5.56 Å². The van der Waals surface area contributed by atoms with E-state index in [1.54, 1.807) is 24.1 Å². The third-order valence-electron chi connectivity index (χ3n) is 3.75. The Balaban J connectivity index is 2.07. The monoisotopic (exact) mass is 307 g/mol. The third kappa shape index (κ3) is 3.85. The Morgan fingerprint density at radius 1 is 1.29 bits per heavy atom. The summed E-state index contributed by atoms with van der Waals surface area (Å²) in [6.07, 6.45) is 4.61. The van der Waals surface area contributed by atoms with Crippen LogP contribution in [-0.2, 0) is 16.1 Å². The van der Waals surface area contributed by atoms with Crippen LogP contribution < -0.4 is 0 Å². The molecule has 1 N–H and O–H groups in total. The topological polar surface area (TPSA) is 57.6 Å². The molecule has 0 saturated heterocycles. The number of hydrogen-bond acceptors (Lipinski definition) is 2. The number of amides is 1. The van der Waals surface area contributed by atoms with Crippen LogP contribution in [0.4, 0.5) is 0 Å². The maximum Gasteiger partial charge on any atom is 0.307 e. The lowest BCUT2D eigenvalue weighted by Crippen LogP contribution is -2.39. The van der Waals surface area contributed by atoms with E-state index < -0.39 is 17.8 Å². The SMILES string of the molecule is CN(Cc1cccc(Cl)c1)C(=O)C1CC=CCC1C(=O)O. The molecule has 0 fully saturated rings. The van der Waals surface area contributed by atoms with Gasteiger partial charge in [0.15, 0.2) is 0 Å². The first-order valence-electron chi connectivity index (χ1n) is 6.86. The van der Waals surface area contributed by atoms with Crippen LogP contribution in [0.1, 0.15) is 18.4 Å². The maximum atomic E-state index is 12.5. The second-order valence-corrected chi connectivity index (χ2v) is 5.75. The molecule has 0 aliphatic heterocycles. The summed E-state index contributed by atoms with van der Waals surface area (Å²) in [5.74, 6) is -2.17. The first-order chi connectivity index (χ1) is 9.99. The van der Waals surface area contributed by atoms with Crippen molar-refractivity contribution in [2.24, 2.45) is 11.8 Å². The number of allylic oxidation sites excluding steroid dienone is 2. The molecule has 1 aromatic rings. The highest BCUT2D eigenvalue weighted by molar-refractivity contribution is 6.30. The fourth-order valence-electron chi connectivity index (χ4n) is 2.63. The fraction of sp³-hybridized carbons (Fsp3) is 0.375. The van der Waals surface area contributed by atoms with Gasteiger partial charge >= 0.3 is 5.97 Å². The summed E-state index contributed by atoms with van der Waals surface area (Å²) in [6, 6.07) is 7.31.